The van der Waals surface area contributed by atoms with Crippen molar-refractivity contribution in [1.29, 1.82) is 0 Å². The molecule has 0 aliphatic carbocycles. The normalized spacial score (nSPS) is 28.6. The van der Waals surface area contributed by atoms with Gasteiger partial charge in [-0.1, -0.05) is 12.1 Å². The number of piperazine rings is 1. The molecule has 1 unspecified atom stereocenters. The van der Waals surface area contributed by atoms with Gasteiger partial charge < -0.3 is 20.3 Å². The smallest absolute Gasteiger partial charge is 0.315 e. The van der Waals surface area contributed by atoms with Crippen molar-refractivity contribution in [2.75, 3.05) is 64.4 Å². The predicted octanol–water partition coefficient (Wildman–Crippen LogP) is 2.24. The number of hydrogen-bond donors (Lipinski definition) is 2. The first-order valence-electron chi connectivity index (χ1n) is 11.9. The van der Waals surface area contributed by atoms with E-state index >= 15 is 0 Å². The molecule has 2 N–H and O–H groups in total. The highest BCUT2D eigenvalue weighted by Crippen LogP contribution is 2.37. The summed E-state index contributed by atoms with van der Waals surface area (Å²) in [5.41, 5.74) is 1.21. The van der Waals surface area contributed by atoms with E-state index in [1.165, 1.54) is 38.2 Å². The first-order valence-corrected chi connectivity index (χ1v) is 11.9. The van der Waals surface area contributed by atoms with E-state index < -0.39 is 0 Å². The molecule has 5 rings (SSSR count). The summed E-state index contributed by atoms with van der Waals surface area (Å²) in [4.78, 5) is 19.7. The van der Waals surface area contributed by atoms with Crippen LogP contribution in [0.2, 0.25) is 0 Å². The van der Waals surface area contributed by atoms with Crippen LogP contribution >= 0.6 is 0 Å². The van der Waals surface area contributed by atoms with Gasteiger partial charge in [-0.15, -0.1) is 0 Å². The Morgan fingerprint density at radius 1 is 1.16 bits per heavy atom. The third-order valence-corrected chi connectivity index (χ3v) is 7.22. The fourth-order valence-corrected chi connectivity index (χ4v) is 5.59. The Kier molecular flexibility index (Phi) is 7.23. The summed E-state index contributed by atoms with van der Waals surface area (Å²) in [7, 11) is 1.75. The molecule has 2 bridgehead atoms. The Bertz CT molecular complexity index is 734. The second kappa shape index (κ2) is 10.1. The molecule has 31 heavy (non-hydrogen) atoms. The van der Waals surface area contributed by atoms with E-state index in [9.17, 15) is 4.79 Å². The lowest BCUT2D eigenvalue weighted by Crippen LogP contribution is -2.59. The van der Waals surface area contributed by atoms with Gasteiger partial charge in [-0.25, -0.2) is 4.79 Å². The summed E-state index contributed by atoms with van der Waals surface area (Å²) < 4.78 is 5.55. The van der Waals surface area contributed by atoms with Gasteiger partial charge in [0.2, 0.25) is 0 Å². The molecular weight excluding hydrogens is 390 g/mol. The monoisotopic (exact) mass is 429 g/mol. The molecule has 7 heteroatoms. The molecule has 172 valence electrons. The summed E-state index contributed by atoms with van der Waals surface area (Å²) >= 11 is 0. The fourth-order valence-electron chi connectivity index (χ4n) is 5.59. The molecule has 4 heterocycles. The third kappa shape index (κ3) is 5.44. The van der Waals surface area contributed by atoms with Crippen molar-refractivity contribution < 1.29 is 9.53 Å². The van der Waals surface area contributed by atoms with E-state index in [0.29, 0.717) is 6.04 Å². The number of anilines is 1. The minimum absolute atomic E-state index is 0.0397. The summed E-state index contributed by atoms with van der Waals surface area (Å²) in [5.74, 6) is 2.51. The summed E-state index contributed by atoms with van der Waals surface area (Å²) in [6, 6.07) is 8.97. The quantitative estimate of drug-likeness (QED) is 0.696. The molecule has 0 spiro atoms. The second-order valence-electron chi connectivity index (χ2n) is 9.66. The van der Waals surface area contributed by atoms with Gasteiger partial charge in [-0.05, 0) is 57.2 Å². The Morgan fingerprint density at radius 2 is 1.94 bits per heavy atom. The number of methoxy groups -OCH3 is 1. The van der Waals surface area contributed by atoms with E-state index in [1.807, 2.05) is 26.0 Å². The van der Waals surface area contributed by atoms with Gasteiger partial charge in [0.1, 0.15) is 5.75 Å². The predicted molar refractivity (Wildman–Crippen MR) is 125 cm³/mol. The third-order valence-electron chi connectivity index (χ3n) is 7.22. The lowest BCUT2D eigenvalue weighted by Gasteiger charge is -2.51. The van der Waals surface area contributed by atoms with Gasteiger partial charge in [0.05, 0.1) is 12.8 Å². The molecule has 0 radical (unpaired) electrons. The number of carbonyl (C=O) groups excluding carboxylic acids is 1. The van der Waals surface area contributed by atoms with Crippen molar-refractivity contribution in [1.82, 2.24) is 20.4 Å². The summed E-state index contributed by atoms with van der Waals surface area (Å²) in [6.07, 6.45) is 2.52. The van der Waals surface area contributed by atoms with Crippen molar-refractivity contribution in [2.24, 2.45) is 11.8 Å². The zero-order valence-electron chi connectivity index (χ0n) is 19.3. The Morgan fingerprint density at radius 3 is 2.61 bits per heavy atom. The van der Waals surface area contributed by atoms with Crippen LogP contribution in [-0.4, -0.2) is 87.4 Å². The van der Waals surface area contributed by atoms with Crippen molar-refractivity contribution in [3.8, 4) is 5.75 Å². The molecule has 2 amide bonds. The minimum Gasteiger partial charge on any atom is -0.495 e. The molecule has 0 saturated carbocycles. The molecule has 4 fully saturated rings. The van der Waals surface area contributed by atoms with E-state index in [2.05, 4.69) is 37.5 Å². The van der Waals surface area contributed by atoms with Gasteiger partial charge in [-0.2, -0.15) is 0 Å². The number of piperidine rings is 3. The maximum atomic E-state index is 11.9. The van der Waals surface area contributed by atoms with E-state index in [0.717, 1.165) is 50.3 Å². The van der Waals surface area contributed by atoms with Crippen LogP contribution < -0.4 is 20.3 Å². The molecule has 1 aromatic rings. The zero-order valence-corrected chi connectivity index (χ0v) is 19.3. The average Bonchev–Trinajstić information content (AvgIpc) is 2.78. The topological polar surface area (TPSA) is 60.1 Å². The molecule has 4 saturated heterocycles. The van der Waals surface area contributed by atoms with Crippen LogP contribution in [0.5, 0.6) is 5.75 Å². The maximum Gasteiger partial charge on any atom is 0.315 e. The number of nitrogens with one attached hydrogen (secondary N) is 2. The number of urea groups is 1. The molecule has 4 atom stereocenters. The molecule has 0 aromatic heterocycles. The number of ether oxygens (including phenoxy) is 1. The Balaban J connectivity index is 1.23. The van der Waals surface area contributed by atoms with Gasteiger partial charge >= 0.3 is 6.03 Å². The largest absolute Gasteiger partial charge is 0.495 e. The Hall–Kier alpha value is -1.99. The lowest BCUT2D eigenvalue weighted by atomic mass is 9.75. The number of amides is 2. The molecule has 7 nitrogen and oxygen atoms in total. The van der Waals surface area contributed by atoms with E-state index in [-0.39, 0.29) is 12.1 Å². The summed E-state index contributed by atoms with van der Waals surface area (Å²) in [5, 5.41) is 6.00. The zero-order chi connectivity index (χ0) is 21.8. The maximum absolute atomic E-state index is 11.9. The van der Waals surface area contributed by atoms with Gasteiger partial charge in [-0.3, -0.25) is 9.80 Å². The van der Waals surface area contributed by atoms with Crippen LogP contribution in [0.25, 0.3) is 0 Å². The van der Waals surface area contributed by atoms with Crippen LogP contribution in [0.15, 0.2) is 24.3 Å². The SMILES string of the molecule is COc1ccccc1N1CCN(C[C@H]2CN3CC[C@H]2C[C@@H]3CNC(=O)NC(C)C)CC1. The lowest BCUT2D eigenvalue weighted by molar-refractivity contribution is -0.0115. The molecule has 4 aliphatic heterocycles. The van der Waals surface area contributed by atoms with Crippen molar-refractivity contribution in [3.63, 3.8) is 0 Å². The number of nitrogens with zero attached hydrogens (tertiary/aromatic N) is 3. The number of fused-ring (bicyclic) bond motifs is 3. The van der Waals surface area contributed by atoms with Gasteiger partial charge in [0.25, 0.3) is 0 Å². The first kappa shape index (κ1) is 22.2. The second-order valence-corrected chi connectivity index (χ2v) is 9.66. The van der Waals surface area contributed by atoms with Gasteiger partial charge in [0, 0.05) is 57.9 Å². The highest BCUT2D eigenvalue weighted by molar-refractivity contribution is 5.74. The van der Waals surface area contributed by atoms with Crippen molar-refractivity contribution in [3.05, 3.63) is 24.3 Å². The Labute approximate surface area is 187 Å². The van der Waals surface area contributed by atoms with E-state index in [4.69, 9.17) is 4.74 Å². The van der Waals surface area contributed by atoms with Crippen LogP contribution in [0.4, 0.5) is 10.5 Å². The van der Waals surface area contributed by atoms with Crippen LogP contribution in [0.1, 0.15) is 26.7 Å². The van der Waals surface area contributed by atoms with Crippen molar-refractivity contribution in [2.45, 2.75) is 38.8 Å². The molecule has 1 aromatic carbocycles. The highest BCUT2D eigenvalue weighted by Gasteiger charge is 2.40. The number of hydrogen-bond acceptors (Lipinski definition) is 5. The van der Waals surface area contributed by atoms with Crippen LogP contribution in [0, 0.1) is 11.8 Å². The van der Waals surface area contributed by atoms with Crippen LogP contribution in [0.3, 0.4) is 0 Å². The average molecular weight is 430 g/mol. The number of carbonyl (C=O) groups is 1. The minimum atomic E-state index is -0.0397. The number of rotatable bonds is 7. The highest BCUT2D eigenvalue weighted by atomic mass is 16.5. The van der Waals surface area contributed by atoms with Crippen LogP contribution in [-0.2, 0) is 0 Å². The first-order chi connectivity index (χ1) is 15.0. The van der Waals surface area contributed by atoms with Gasteiger partial charge in [0.15, 0.2) is 0 Å². The standard InChI is InChI=1S/C24H39N5O2/c1-18(2)26-24(30)25-15-21-14-19-8-9-29(21)17-20(19)16-27-10-12-28(13-11-27)22-6-4-5-7-23(22)31-3/h4-7,18-21H,8-17H2,1-3H3,(H2,25,26,30)/t19-,20-,21+/m0/s1. The van der Waals surface area contributed by atoms with Crippen molar-refractivity contribution >= 4 is 11.7 Å². The molecule has 4 aliphatic rings. The molecular formula is C24H39N5O2. The summed E-state index contributed by atoms with van der Waals surface area (Å²) in [6.45, 7) is 12.6. The number of para-hydroxylation sites is 2. The number of benzene rings is 1. The van der Waals surface area contributed by atoms with E-state index in [1.54, 1.807) is 7.11 Å². The fraction of sp³-hybridized carbons (Fsp3) is 0.708.